The molecule has 1 saturated carbocycles. The minimum Gasteiger partial charge on any atom is -0.349 e. The highest BCUT2D eigenvalue weighted by atomic mass is 16.2. The molecule has 0 bridgehead atoms. The van der Waals surface area contributed by atoms with Gasteiger partial charge in [-0.2, -0.15) is 0 Å². The second-order valence-electron chi connectivity index (χ2n) is 6.12. The zero-order chi connectivity index (χ0) is 12.4. The van der Waals surface area contributed by atoms with Crippen molar-refractivity contribution in [2.24, 2.45) is 10.8 Å². The van der Waals surface area contributed by atoms with Crippen LogP contribution in [-0.4, -0.2) is 18.2 Å². The van der Waals surface area contributed by atoms with Gasteiger partial charge in [0, 0.05) is 10.8 Å². The monoisotopic (exact) mass is 225 g/mol. The van der Waals surface area contributed by atoms with Crippen molar-refractivity contribution < 1.29 is 9.59 Å². The number of carbonyl (C=O) groups is 2. The highest BCUT2D eigenvalue weighted by Crippen LogP contribution is 2.37. The molecular weight excluding hydrogens is 202 g/mol. The van der Waals surface area contributed by atoms with Crippen LogP contribution in [0.3, 0.4) is 0 Å². The van der Waals surface area contributed by atoms with Crippen molar-refractivity contribution in [3.8, 4) is 0 Å². The van der Waals surface area contributed by atoms with Gasteiger partial charge in [-0.15, -0.1) is 0 Å². The molecule has 0 aliphatic heterocycles. The van der Waals surface area contributed by atoms with Crippen LogP contribution in [0, 0.1) is 10.8 Å². The van der Waals surface area contributed by atoms with Crippen molar-refractivity contribution in [1.29, 1.82) is 0 Å². The van der Waals surface area contributed by atoms with Gasteiger partial charge in [-0.05, 0) is 12.8 Å². The maximum atomic E-state index is 11.9. The van der Waals surface area contributed by atoms with E-state index in [4.69, 9.17) is 0 Å². The van der Waals surface area contributed by atoms with E-state index in [0.29, 0.717) is 0 Å². The molecule has 0 aromatic rings. The summed E-state index contributed by atoms with van der Waals surface area (Å²) in [5.41, 5.74) is -0.609. The number of amides is 1. The lowest BCUT2D eigenvalue weighted by molar-refractivity contribution is -0.133. The Hall–Kier alpha value is -0.860. The molecule has 3 heteroatoms. The molecule has 0 aromatic heterocycles. The van der Waals surface area contributed by atoms with Crippen molar-refractivity contribution >= 4 is 11.7 Å². The van der Waals surface area contributed by atoms with Crippen molar-refractivity contribution in [1.82, 2.24) is 5.32 Å². The van der Waals surface area contributed by atoms with Gasteiger partial charge in [-0.1, -0.05) is 40.5 Å². The van der Waals surface area contributed by atoms with Gasteiger partial charge in [0.15, 0.2) is 5.78 Å². The van der Waals surface area contributed by atoms with E-state index >= 15 is 0 Å². The summed E-state index contributed by atoms with van der Waals surface area (Å²) < 4.78 is 0. The summed E-state index contributed by atoms with van der Waals surface area (Å²) in [5, 5.41) is 2.78. The molecule has 0 spiro atoms. The van der Waals surface area contributed by atoms with Gasteiger partial charge in [0.2, 0.25) is 5.91 Å². The molecule has 1 fully saturated rings. The molecule has 16 heavy (non-hydrogen) atoms. The van der Waals surface area contributed by atoms with Crippen molar-refractivity contribution in [3.05, 3.63) is 0 Å². The highest BCUT2D eigenvalue weighted by Gasteiger charge is 2.36. The quantitative estimate of drug-likeness (QED) is 0.801. The average Bonchev–Trinajstić information content (AvgIpc) is 2.60. The fourth-order valence-electron chi connectivity index (χ4n) is 2.02. The summed E-state index contributed by atoms with van der Waals surface area (Å²) in [6, 6.07) is 0. The lowest BCUT2D eigenvalue weighted by Gasteiger charge is -2.23. The van der Waals surface area contributed by atoms with Crippen LogP contribution in [0.25, 0.3) is 0 Å². The van der Waals surface area contributed by atoms with Gasteiger partial charge in [-0.3, -0.25) is 9.59 Å². The fourth-order valence-corrected chi connectivity index (χ4v) is 2.02. The first kappa shape index (κ1) is 13.2. The first-order chi connectivity index (χ1) is 7.26. The van der Waals surface area contributed by atoms with Crippen molar-refractivity contribution in [3.63, 3.8) is 0 Å². The Kier molecular flexibility index (Phi) is 3.76. The lowest BCUT2D eigenvalue weighted by Crippen LogP contribution is -2.42. The normalized spacial score (nSPS) is 19.5. The van der Waals surface area contributed by atoms with E-state index in [0.717, 1.165) is 25.7 Å². The number of carbonyl (C=O) groups excluding carboxylic acids is 2. The number of hydrogen-bond acceptors (Lipinski definition) is 2. The van der Waals surface area contributed by atoms with E-state index in [2.05, 4.69) is 5.32 Å². The minimum atomic E-state index is -0.371. The van der Waals surface area contributed by atoms with Gasteiger partial charge in [-0.25, -0.2) is 0 Å². The molecule has 0 atom stereocenters. The topological polar surface area (TPSA) is 46.2 Å². The summed E-state index contributed by atoms with van der Waals surface area (Å²) in [6.07, 6.45) is 4.14. The molecule has 0 unspecified atom stereocenters. The Morgan fingerprint density at radius 2 is 1.69 bits per heavy atom. The molecule has 1 aliphatic rings. The summed E-state index contributed by atoms with van der Waals surface area (Å²) in [6.45, 7) is 7.78. The molecule has 1 rings (SSSR count). The average molecular weight is 225 g/mol. The van der Waals surface area contributed by atoms with E-state index < -0.39 is 0 Å². The molecular formula is C13H23NO2. The van der Waals surface area contributed by atoms with Gasteiger partial charge in [0.25, 0.3) is 0 Å². The first-order valence-electron chi connectivity index (χ1n) is 6.07. The van der Waals surface area contributed by atoms with E-state index in [-0.39, 0.29) is 29.1 Å². The summed E-state index contributed by atoms with van der Waals surface area (Å²) in [5.74, 6) is 0.130. The van der Waals surface area contributed by atoms with Crippen LogP contribution < -0.4 is 5.32 Å². The maximum absolute atomic E-state index is 11.9. The summed E-state index contributed by atoms with van der Waals surface area (Å²) in [7, 11) is 0. The Morgan fingerprint density at radius 3 is 2.12 bits per heavy atom. The third-order valence-corrected chi connectivity index (χ3v) is 3.50. The lowest BCUT2D eigenvalue weighted by atomic mass is 9.87. The molecule has 1 aliphatic carbocycles. The second-order valence-corrected chi connectivity index (χ2v) is 6.12. The van der Waals surface area contributed by atoms with E-state index in [1.54, 1.807) is 0 Å². The Balaban J connectivity index is 2.44. The Labute approximate surface area is 98.0 Å². The molecule has 1 N–H and O–H groups in total. The number of ketones is 1. The molecule has 0 heterocycles. The smallest absolute Gasteiger partial charge is 0.226 e. The molecule has 3 nitrogen and oxygen atoms in total. The van der Waals surface area contributed by atoms with E-state index in [9.17, 15) is 9.59 Å². The zero-order valence-corrected chi connectivity index (χ0v) is 10.9. The predicted octanol–water partition coefficient (Wildman–Crippen LogP) is 2.30. The first-order valence-corrected chi connectivity index (χ1v) is 6.07. The maximum Gasteiger partial charge on any atom is 0.226 e. The molecule has 1 amide bonds. The second kappa shape index (κ2) is 4.56. The van der Waals surface area contributed by atoms with Gasteiger partial charge in [0.05, 0.1) is 6.54 Å². The third-order valence-electron chi connectivity index (χ3n) is 3.50. The van der Waals surface area contributed by atoms with Crippen LogP contribution in [0.15, 0.2) is 0 Å². The van der Waals surface area contributed by atoms with Crippen molar-refractivity contribution in [2.45, 2.75) is 53.4 Å². The highest BCUT2D eigenvalue weighted by molar-refractivity contribution is 5.91. The van der Waals surface area contributed by atoms with Gasteiger partial charge < -0.3 is 5.32 Å². The third kappa shape index (κ3) is 3.06. The van der Waals surface area contributed by atoms with Crippen LogP contribution in [0.1, 0.15) is 53.4 Å². The Bertz CT molecular complexity index is 283. The largest absolute Gasteiger partial charge is 0.349 e. The van der Waals surface area contributed by atoms with E-state index in [1.807, 2.05) is 27.7 Å². The molecule has 0 aromatic carbocycles. The number of nitrogens with one attached hydrogen (secondary N) is 1. The zero-order valence-electron chi connectivity index (χ0n) is 10.9. The van der Waals surface area contributed by atoms with Crippen LogP contribution >= 0.6 is 0 Å². The van der Waals surface area contributed by atoms with Crippen molar-refractivity contribution in [2.75, 3.05) is 6.54 Å². The summed E-state index contributed by atoms with van der Waals surface area (Å²) in [4.78, 5) is 23.6. The predicted molar refractivity (Wildman–Crippen MR) is 64.0 cm³/mol. The minimum absolute atomic E-state index is 0.0441. The van der Waals surface area contributed by atoms with Crippen LogP contribution in [0.2, 0.25) is 0 Å². The standard InChI is InChI=1S/C13H23NO2/c1-12(2,3)10(15)9-14-11(16)13(4)7-5-6-8-13/h5-9H2,1-4H3,(H,14,16). The molecule has 92 valence electrons. The van der Waals surface area contributed by atoms with Gasteiger partial charge >= 0.3 is 0 Å². The SMILES string of the molecule is CC(C)(C)C(=O)CNC(=O)C1(C)CCCC1. The fraction of sp³-hybridized carbons (Fsp3) is 0.846. The molecule has 0 radical (unpaired) electrons. The van der Waals surface area contributed by atoms with Crippen LogP contribution in [0.5, 0.6) is 0 Å². The number of Topliss-reactive ketones (excluding diaryl/α,β-unsaturated/α-hetero) is 1. The van der Waals surface area contributed by atoms with Crippen LogP contribution in [0.4, 0.5) is 0 Å². The summed E-state index contributed by atoms with van der Waals surface area (Å²) >= 11 is 0. The number of hydrogen-bond donors (Lipinski definition) is 1. The Morgan fingerprint density at radius 1 is 1.19 bits per heavy atom. The van der Waals surface area contributed by atoms with E-state index in [1.165, 1.54) is 0 Å². The van der Waals surface area contributed by atoms with Crippen LogP contribution in [-0.2, 0) is 9.59 Å². The van der Waals surface area contributed by atoms with Gasteiger partial charge in [0.1, 0.15) is 0 Å². The molecule has 0 saturated heterocycles. The number of rotatable bonds is 3.